The number of carbonyl (C=O) groups is 1. The summed E-state index contributed by atoms with van der Waals surface area (Å²) in [4.78, 5) is 42.0. The first-order valence-electron chi connectivity index (χ1n) is 9.96. The molecule has 0 spiro atoms. The van der Waals surface area contributed by atoms with Gasteiger partial charge in [-0.3, -0.25) is 24.0 Å². The van der Waals surface area contributed by atoms with Crippen LogP contribution in [0.3, 0.4) is 0 Å². The fourth-order valence-corrected chi connectivity index (χ4v) is 3.52. The van der Waals surface area contributed by atoms with Crippen LogP contribution in [0.25, 0.3) is 11.0 Å². The third-order valence-electron chi connectivity index (χ3n) is 5.00. The number of benzene rings is 2. The van der Waals surface area contributed by atoms with Gasteiger partial charge in [-0.25, -0.2) is 4.79 Å². The number of nitrogens with zero attached hydrogens (tertiary/aromatic N) is 2. The van der Waals surface area contributed by atoms with Crippen LogP contribution in [-0.2, 0) is 6.54 Å². The second-order valence-corrected chi connectivity index (χ2v) is 7.17. The average molecular weight is 418 g/mol. The summed E-state index contributed by atoms with van der Waals surface area (Å²) >= 11 is 0. The first-order valence-corrected chi connectivity index (χ1v) is 9.96. The molecule has 0 saturated heterocycles. The number of aromatic nitrogens is 2. The van der Waals surface area contributed by atoms with Gasteiger partial charge >= 0.3 is 5.69 Å². The van der Waals surface area contributed by atoms with Crippen LogP contribution in [0.15, 0.2) is 74.7 Å². The Hall–Kier alpha value is -4.07. The van der Waals surface area contributed by atoms with Gasteiger partial charge in [0.15, 0.2) is 11.4 Å². The number of rotatable bonds is 6. The van der Waals surface area contributed by atoms with Gasteiger partial charge in [-0.2, -0.15) is 0 Å². The predicted molar refractivity (Wildman–Crippen MR) is 119 cm³/mol. The predicted octanol–water partition coefficient (Wildman–Crippen LogP) is 2.97. The summed E-state index contributed by atoms with van der Waals surface area (Å²) in [5.41, 5.74) is 6.25. The van der Waals surface area contributed by atoms with Crippen molar-refractivity contribution in [3.05, 3.63) is 92.8 Å². The molecule has 1 amide bonds. The van der Waals surface area contributed by atoms with E-state index < -0.39 is 17.2 Å². The van der Waals surface area contributed by atoms with Crippen LogP contribution in [0.2, 0.25) is 0 Å². The van der Waals surface area contributed by atoms with E-state index in [1.165, 1.54) is 9.47 Å². The van der Waals surface area contributed by atoms with Gasteiger partial charge in [-0.1, -0.05) is 55.5 Å². The highest BCUT2D eigenvalue weighted by Crippen LogP contribution is 2.24. The number of nitrogens with one attached hydrogen (secondary N) is 1. The minimum atomic E-state index is -0.718. The van der Waals surface area contributed by atoms with E-state index in [1.807, 2.05) is 55.5 Å². The molecule has 2 aromatic carbocycles. The van der Waals surface area contributed by atoms with Crippen LogP contribution in [0.1, 0.15) is 29.5 Å². The maximum absolute atomic E-state index is 13.3. The summed E-state index contributed by atoms with van der Waals surface area (Å²) in [6, 6.07) is 18.1. The molecule has 0 aliphatic rings. The number of para-hydroxylation sites is 1. The minimum absolute atomic E-state index is 0.0668. The Morgan fingerprint density at radius 2 is 1.81 bits per heavy atom. The van der Waals surface area contributed by atoms with Crippen LogP contribution in [0, 0.1) is 0 Å². The lowest BCUT2D eigenvalue weighted by Gasteiger charge is -2.23. The Morgan fingerprint density at radius 1 is 1.10 bits per heavy atom. The van der Waals surface area contributed by atoms with Crippen molar-refractivity contribution in [2.45, 2.75) is 19.9 Å². The molecule has 0 radical (unpaired) electrons. The molecule has 8 nitrogen and oxygen atoms in total. The van der Waals surface area contributed by atoms with Gasteiger partial charge in [0.2, 0.25) is 0 Å². The van der Waals surface area contributed by atoms with Gasteiger partial charge in [0.1, 0.15) is 11.4 Å². The molecule has 3 N–H and O–H groups in total. The van der Waals surface area contributed by atoms with Crippen LogP contribution in [0.4, 0.5) is 11.5 Å². The Kier molecular flexibility index (Phi) is 5.44. The second-order valence-electron chi connectivity index (χ2n) is 7.17. The van der Waals surface area contributed by atoms with E-state index in [4.69, 9.17) is 10.2 Å². The summed E-state index contributed by atoms with van der Waals surface area (Å²) in [6.45, 7) is 2.27. The van der Waals surface area contributed by atoms with Gasteiger partial charge in [-0.05, 0) is 24.1 Å². The number of hydrogen-bond acceptors (Lipinski definition) is 5. The number of carbonyl (C=O) groups excluding carboxylic acids is 1. The zero-order chi connectivity index (χ0) is 22.0. The van der Waals surface area contributed by atoms with E-state index in [1.54, 1.807) is 12.1 Å². The molecule has 0 aliphatic heterocycles. The highest BCUT2D eigenvalue weighted by molar-refractivity contribution is 6.07. The van der Waals surface area contributed by atoms with Crippen molar-refractivity contribution >= 4 is 28.4 Å². The summed E-state index contributed by atoms with van der Waals surface area (Å²) in [6.07, 6.45) is 0.572. The summed E-state index contributed by atoms with van der Waals surface area (Å²) in [5.74, 6) is -0.482. The van der Waals surface area contributed by atoms with Crippen LogP contribution in [0.5, 0.6) is 0 Å². The van der Waals surface area contributed by atoms with Crippen molar-refractivity contribution in [3.8, 4) is 0 Å². The average Bonchev–Trinajstić information content (AvgIpc) is 3.20. The van der Waals surface area contributed by atoms with Crippen LogP contribution < -0.4 is 21.9 Å². The Balaban J connectivity index is 1.80. The maximum Gasteiger partial charge on any atom is 0.330 e. The Morgan fingerprint density at radius 3 is 2.52 bits per heavy atom. The fourth-order valence-electron chi connectivity index (χ4n) is 3.52. The summed E-state index contributed by atoms with van der Waals surface area (Å²) in [7, 11) is 0. The molecule has 31 heavy (non-hydrogen) atoms. The van der Waals surface area contributed by atoms with Crippen molar-refractivity contribution in [1.82, 2.24) is 9.55 Å². The zero-order valence-electron chi connectivity index (χ0n) is 17.0. The molecule has 0 saturated carbocycles. The van der Waals surface area contributed by atoms with Crippen LogP contribution >= 0.6 is 0 Å². The Labute approximate surface area is 177 Å². The lowest BCUT2D eigenvalue weighted by molar-refractivity contribution is 0.0962. The lowest BCUT2D eigenvalue weighted by Crippen LogP contribution is -2.41. The number of aromatic amines is 1. The number of amides is 1. The standard InChI is InChI=1S/C23H22N4O4/c1-2-12-26(22(29)18-13-16-10-6-7-11-17(16)31-18)19-20(24)27(23(30)25-21(19)28)14-15-8-4-3-5-9-15/h3-11,13H,2,12,14,24H2,1H3,(H,25,28,30). The topological polar surface area (TPSA) is 114 Å². The SMILES string of the molecule is CCCN(C(=O)c1cc2ccccc2o1)c1c(N)n(Cc2ccccc2)c(=O)[nH]c1=O. The molecule has 4 aromatic rings. The number of anilines is 2. The van der Waals surface area contributed by atoms with Gasteiger partial charge in [0.25, 0.3) is 11.5 Å². The monoisotopic (exact) mass is 418 g/mol. The lowest BCUT2D eigenvalue weighted by atomic mass is 10.2. The molecule has 8 heteroatoms. The number of nitrogen functional groups attached to an aromatic ring is 1. The van der Waals surface area contributed by atoms with Crippen molar-refractivity contribution in [2.75, 3.05) is 17.2 Å². The molecule has 0 atom stereocenters. The van der Waals surface area contributed by atoms with Crippen molar-refractivity contribution in [1.29, 1.82) is 0 Å². The van der Waals surface area contributed by atoms with E-state index in [0.717, 1.165) is 10.9 Å². The highest BCUT2D eigenvalue weighted by Gasteiger charge is 2.27. The maximum atomic E-state index is 13.3. The zero-order valence-corrected chi connectivity index (χ0v) is 17.0. The van der Waals surface area contributed by atoms with Crippen molar-refractivity contribution < 1.29 is 9.21 Å². The minimum Gasteiger partial charge on any atom is -0.451 e. The van der Waals surface area contributed by atoms with Gasteiger partial charge in [0, 0.05) is 11.9 Å². The molecule has 0 aliphatic carbocycles. The number of fused-ring (bicyclic) bond motifs is 1. The molecular weight excluding hydrogens is 396 g/mol. The van der Waals surface area contributed by atoms with Gasteiger partial charge < -0.3 is 10.2 Å². The van der Waals surface area contributed by atoms with E-state index in [0.29, 0.717) is 12.0 Å². The largest absolute Gasteiger partial charge is 0.451 e. The number of furan rings is 1. The van der Waals surface area contributed by atoms with Gasteiger partial charge in [0.05, 0.1) is 6.54 Å². The molecule has 0 bridgehead atoms. The van der Waals surface area contributed by atoms with E-state index >= 15 is 0 Å². The molecule has 4 rings (SSSR count). The van der Waals surface area contributed by atoms with E-state index in [-0.39, 0.29) is 30.4 Å². The Bertz CT molecular complexity index is 1320. The fraction of sp³-hybridized carbons (Fsp3) is 0.174. The smallest absolute Gasteiger partial charge is 0.330 e. The second kappa shape index (κ2) is 8.35. The third-order valence-corrected chi connectivity index (χ3v) is 5.00. The summed E-state index contributed by atoms with van der Waals surface area (Å²) in [5, 5.41) is 0.776. The van der Waals surface area contributed by atoms with E-state index in [9.17, 15) is 14.4 Å². The molecule has 0 fully saturated rings. The van der Waals surface area contributed by atoms with Gasteiger partial charge in [-0.15, -0.1) is 0 Å². The molecule has 2 heterocycles. The first kappa shape index (κ1) is 20.2. The normalized spacial score (nSPS) is 11.0. The molecule has 158 valence electrons. The molecule has 0 unspecified atom stereocenters. The van der Waals surface area contributed by atoms with Crippen molar-refractivity contribution in [2.24, 2.45) is 0 Å². The van der Waals surface area contributed by atoms with Crippen molar-refractivity contribution in [3.63, 3.8) is 0 Å². The first-order chi connectivity index (χ1) is 15.0. The number of hydrogen-bond donors (Lipinski definition) is 2. The summed E-state index contributed by atoms with van der Waals surface area (Å²) < 4.78 is 6.95. The molecular formula is C23H22N4O4. The van der Waals surface area contributed by atoms with E-state index in [2.05, 4.69) is 4.98 Å². The number of H-pyrrole nitrogens is 1. The quantitative estimate of drug-likeness (QED) is 0.500. The van der Waals surface area contributed by atoms with Crippen LogP contribution in [-0.4, -0.2) is 22.0 Å². The third kappa shape index (κ3) is 3.87. The molecule has 2 aromatic heterocycles. The number of nitrogens with two attached hydrogens (primary N) is 1. The highest BCUT2D eigenvalue weighted by atomic mass is 16.3.